The zero-order chi connectivity index (χ0) is 21.3. The van der Waals surface area contributed by atoms with Gasteiger partial charge in [0.05, 0.1) is 35.4 Å². The molecule has 10 heteroatoms. The van der Waals surface area contributed by atoms with E-state index >= 15 is 0 Å². The van der Waals surface area contributed by atoms with Crippen LogP contribution in [0.1, 0.15) is 31.7 Å². The fourth-order valence-electron chi connectivity index (χ4n) is 2.67. The van der Waals surface area contributed by atoms with Gasteiger partial charge in [-0.15, -0.1) is 22.7 Å². The van der Waals surface area contributed by atoms with Gasteiger partial charge < -0.3 is 9.47 Å². The van der Waals surface area contributed by atoms with Crippen LogP contribution in [0.3, 0.4) is 0 Å². The number of ether oxygens (including phenoxy) is 2. The fourth-order valence-corrected chi connectivity index (χ4v) is 4.09. The monoisotopic (exact) mass is 446 g/mol. The molecule has 0 aliphatic rings. The van der Waals surface area contributed by atoms with Crippen molar-refractivity contribution in [3.63, 3.8) is 0 Å². The summed E-state index contributed by atoms with van der Waals surface area (Å²) in [7, 11) is 1.46. The Balaban J connectivity index is 1.73. The summed E-state index contributed by atoms with van der Waals surface area (Å²) in [5.74, 6) is 0.445. The largest absolute Gasteiger partial charge is 0.493 e. The summed E-state index contributed by atoms with van der Waals surface area (Å²) in [6.07, 6.45) is 4.35. The van der Waals surface area contributed by atoms with Gasteiger partial charge in [0.25, 0.3) is 0 Å². The minimum Gasteiger partial charge on any atom is -0.493 e. The molecule has 0 amide bonds. The zero-order valence-corrected chi connectivity index (χ0v) is 18.3. The van der Waals surface area contributed by atoms with Gasteiger partial charge in [-0.1, -0.05) is 25.8 Å². The molecule has 0 aliphatic carbocycles. The lowest BCUT2D eigenvalue weighted by Gasteiger charge is -2.11. The molecule has 0 bridgehead atoms. The average molecular weight is 447 g/mol. The molecule has 1 N–H and O–H groups in total. The molecule has 0 aliphatic heterocycles. The first-order valence-electron chi connectivity index (χ1n) is 9.40. The number of unbranched alkanes of at least 4 members (excludes halogenated alkanes) is 2. The van der Waals surface area contributed by atoms with Gasteiger partial charge in [-0.05, 0) is 23.9 Å². The molecule has 0 saturated heterocycles. The molecule has 1 aromatic carbocycles. The Kier molecular flexibility index (Phi) is 7.75. The first kappa shape index (κ1) is 21.7. The number of benzene rings is 1. The number of nitro groups is 1. The SMILES string of the molecule is CCCCCOc1c(OC)cc(/C=N\Nc2nc(-c3cccs3)cs2)cc1[N+](=O)[O-]. The summed E-state index contributed by atoms with van der Waals surface area (Å²) in [4.78, 5) is 16.6. The van der Waals surface area contributed by atoms with Crippen molar-refractivity contribution in [1.29, 1.82) is 0 Å². The van der Waals surface area contributed by atoms with Crippen molar-refractivity contribution in [3.8, 4) is 22.1 Å². The Morgan fingerprint density at radius 3 is 2.90 bits per heavy atom. The van der Waals surface area contributed by atoms with Crippen LogP contribution in [-0.4, -0.2) is 29.8 Å². The van der Waals surface area contributed by atoms with Crippen LogP contribution < -0.4 is 14.9 Å². The molecule has 0 radical (unpaired) electrons. The topological polar surface area (TPSA) is 98.9 Å². The van der Waals surface area contributed by atoms with Crippen LogP contribution in [0.25, 0.3) is 10.6 Å². The van der Waals surface area contributed by atoms with Crippen LogP contribution in [-0.2, 0) is 0 Å². The molecule has 0 unspecified atom stereocenters. The summed E-state index contributed by atoms with van der Waals surface area (Å²) in [6, 6.07) is 7.06. The first-order chi connectivity index (χ1) is 14.6. The lowest BCUT2D eigenvalue weighted by molar-refractivity contribution is -0.386. The molecule has 2 aromatic heterocycles. The molecular formula is C20H22N4O4S2. The van der Waals surface area contributed by atoms with Crippen molar-refractivity contribution in [2.45, 2.75) is 26.2 Å². The van der Waals surface area contributed by atoms with Crippen molar-refractivity contribution >= 4 is 39.7 Å². The van der Waals surface area contributed by atoms with Crippen LogP contribution in [0.4, 0.5) is 10.8 Å². The van der Waals surface area contributed by atoms with E-state index in [1.165, 1.54) is 30.7 Å². The molecule has 0 spiro atoms. The summed E-state index contributed by atoms with van der Waals surface area (Å²) in [5.41, 5.74) is 4.11. The highest BCUT2D eigenvalue weighted by atomic mass is 32.1. The maximum absolute atomic E-state index is 11.5. The number of nitrogens with one attached hydrogen (secondary N) is 1. The van der Waals surface area contributed by atoms with E-state index in [-0.39, 0.29) is 11.4 Å². The number of hydrazone groups is 1. The van der Waals surface area contributed by atoms with E-state index in [1.807, 2.05) is 22.9 Å². The van der Waals surface area contributed by atoms with Crippen molar-refractivity contribution in [3.05, 3.63) is 50.7 Å². The smallest absolute Gasteiger partial charge is 0.315 e. The van der Waals surface area contributed by atoms with Crippen LogP contribution >= 0.6 is 22.7 Å². The van der Waals surface area contributed by atoms with Gasteiger partial charge in [0.2, 0.25) is 10.9 Å². The number of thiophene rings is 1. The predicted molar refractivity (Wildman–Crippen MR) is 121 cm³/mol. The second-order valence-corrected chi connectivity index (χ2v) is 8.08. The number of rotatable bonds is 11. The van der Waals surface area contributed by atoms with Crippen molar-refractivity contribution in [2.75, 3.05) is 19.1 Å². The van der Waals surface area contributed by atoms with E-state index in [0.717, 1.165) is 29.8 Å². The number of nitro benzene ring substituents is 1. The molecule has 30 heavy (non-hydrogen) atoms. The highest BCUT2D eigenvalue weighted by Gasteiger charge is 2.22. The summed E-state index contributed by atoms with van der Waals surface area (Å²) < 4.78 is 11.0. The van der Waals surface area contributed by atoms with Crippen LogP contribution in [0.2, 0.25) is 0 Å². The number of nitrogens with zero attached hydrogens (tertiary/aromatic N) is 3. The van der Waals surface area contributed by atoms with Gasteiger partial charge in [-0.3, -0.25) is 15.5 Å². The molecule has 0 atom stereocenters. The lowest BCUT2D eigenvalue weighted by atomic mass is 10.2. The maximum Gasteiger partial charge on any atom is 0.315 e. The number of anilines is 1. The Hall–Kier alpha value is -2.98. The fraction of sp³-hybridized carbons (Fsp3) is 0.300. The standard InChI is InChI=1S/C20H22N4O4S2/c1-3-4-5-8-28-19-16(24(25)26)10-14(11-17(19)27-2)12-21-23-20-22-15(13-30-20)18-7-6-9-29-18/h6-7,9-13H,3-5,8H2,1-2H3,(H,22,23)/b21-12-. The van der Waals surface area contributed by atoms with E-state index in [0.29, 0.717) is 23.1 Å². The third-order valence-corrected chi connectivity index (χ3v) is 5.76. The van der Waals surface area contributed by atoms with E-state index in [1.54, 1.807) is 17.4 Å². The quantitative estimate of drug-likeness (QED) is 0.173. The van der Waals surface area contributed by atoms with Crippen molar-refractivity contribution in [2.24, 2.45) is 5.10 Å². The molecule has 3 rings (SSSR count). The second kappa shape index (κ2) is 10.7. The molecule has 0 fully saturated rings. The highest BCUT2D eigenvalue weighted by molar-refractivity contribution is 7.15. The first-order valence-corrected chi connectivity index (χ1v) is 11.2. The molecule has 0 saturated carbocycles. The summed E-state index contributed by atoms with van der Waals surface area (Å²) in [6.45, 7) is 2.48. The van der Waals surface area contributed by atoms with Gasteiger partial charge in [0, 0.05) is 17.0 Å². The third kappa shape index (κ3) is 5.55. The van der Waals surface area contributed by atoms with Crippen LogP contribution in [0.15, 0.2) is 40.1 Å². The third-order valence-electron chi connectivity index (χ3n) is 4.12. The molecule has 8 nitrogen and oxygen atoms in total. The number of aromatic nitrogens is 1. The van der Waals surface area contributed by atoms with Crippen molar-refractivity contribution in [1.82, 2.24) is 4.98 Å². The molecular weight excluding hydrogens is 424 g/mol. The second-order valence-electron chi connectivity index (χ2n) is 6.27. The molecule has 158 valence electrons. The minimum atomic E-state index is -0.476. The zero-order valence-electron chi connectivity index (χ0n) is 16.7. The number of methoxy groups -OCH3 is 1. The minimum absolute atomic E-state index is 0.143. The maximum atomic E-state index is 11.5. The summed E-state index contributed by atoms with van der Waals surface area (Å²) in [5, 5.41) is 20.3. The lowest BCUT2D eigenvalue weighted by Crippen LogP contribution is -2.04. The van der Waals surface area contributed by atoms with Gasteiger partial charge in [-0.25, -0.2) is 4.98 Å². The summed E-state index contributed by atoms with van der Waals surface area (Å²) >= 11 is 3.05. The van der Waals surface area contributed by atoms with Gasteiger partial charge in [0.15, 0.2) is 5.75 Å². The van der Waals surface area contributed by atoms with Crippen LogP contribution in [0, 0.1) is 10.1 Å². The molecule has 2 heterocycles. The normalized spacial score (nSPS) is 11.0. The van der Waals surface area contributed by atoms with E-state index in [9.17, 15) is 10.1 Å². The van der Waals surface area contributed by atoms with E-state index < -0.39 is 4.92 Å². The number of hydrogen-bond donors (Lipinski definition) is 1. The Morgan fingerprint density at radius 2 is 2.20 bits per heavy atom. The Morgan fingerprint density at radius 1 is 1.33 bits per heavy atom. The van der Waals surface area contributed by atoms with Crippen LogP contribution in [0.5, 0.6) is 11.5 Å². The number of thiazole rings is 1. The van der Waals surface area contributed by atoms with E-state index in [4.69, 9.17) is 9.47 Å². The molecule has 3 aromatic rings. The highest BCUT2D eigenvalue weighted by Crippen LogP contribution is 2.38. The van der Waals surface area contributed by atoms with E-state index in [2.05, 4.69) is 22.4 Å². The van der Waals surface area contributed by atoms with Gasteiger partial charge >= 0.3 is 5.69 Å². The average Bonchev–Trinajstić information content (AvgIpc) is 3.43. The Labute approximate surface area is 182 Å². The predicted octanol–water partition coefficient (Wildman–Crippen LogP) is 5.80. The Bertz CT molecular complexity index is 1000. The number of hydrogen-bond acceptors (Lipinski definition) is 9. The van der Waals surface area contributed by atoms with Gasteiger partial charge in [-0.2, -0.15) is 5.10 Å². The van der Waals surface area contributed by atoms with Gasteiger partial charge in [0.1, 0.15) is 0 Å². The van der Waals surface area contributed by atoms with Crippen molar-refractivity contribution < 1.29 is 14.4 Å².